The van der Waals surface area contributed by atoms with E-state index in [2.05, 4.69) is 0 Å². The molecule has 10 heavy (non-hydrogen) atoms. The van der Waals surface area contributed by atoms with Gasteiger partial charge in [-0.3, -0.25) is 0 Å². The molecule has 2 unspecified atom stereocenters. The van der Waals surface area contributed by atoms with Gasteiger partial charge in [0.1, 0.15) is 0 Å². The molecule has 0 aromatic carbocycles. The summed E-state index contributed by atoms with van der Waals surface area (Å²) in [7, 11) is 0. The van der Waals surface area contributed by atoms with Crippen LogP contribution in [0.15, 0.2) is 0 Å². The van der Waals surface area contributed by atoms with E-state index in [0.29, 0.717) is 12.0 Å². The predicted molar refractivity (Wildman–Crippen MR) is 37.7 cm³/mol. The lowest BCUT2D eigenvalue weighted by Gasteiger charge is -2.21. The van der Waals surface area contributed by atoms with Crippen LogP contribution >= 0.6 is 0 Å². The van der Waals surface area contributed by atoms with Gasteiger partial charge in [0.2, 0.25) is 0 Å². The summed E-state index contributed by atoms with van der Waals surface area (Å²) in [6.07, 6.45) is 3.63. The van der Waals surface area contributed by atoms with E-state index in [1.54, 1.807) is 0 Å². The molecule has 1 saturated carbocycles. The highest BCUT2D eigenvalue weighted by Crippen LogP contribution is 2.43. The molecule has 0 radical (unpaired) electrons. The second-order valence-electron chi connectivity index (χ2n) is 3.79. The number of epoxide rings is 1. The van der Waals surface area contributed by atoms with Crippen molar-refractivity contribution >= 4 is 0 Å². The van der Waals surface area contributed by atoms with Gasteiger partial charge in [0.25, 0.3) is 0 Å². The summed E-state index contributed by atoms with van der Waals surface area (Å²) < 4.78 is 5.06. The zero-order valence-corrected chi connectivity index (χ0v) is 6.34. The van der Waals surface area contributed by atoms with Crippen molar-refractivity contribution in [2.75, 3.05) is 6.61 Å². The van der Waals surface area contributed by atoms with Gasteiger partial charge in [0.15, 0.2) is 0 Å². The molecule has 0 aromatic heterocycles. The molecule has 1 aliphatic heterocycles. The van der Waals surface area contributed by atoms with Crippen molar-refractivity contribution in [1.82, 2.24) is 0 Å². The van der Waals surface area contributed by atoms with E-state index in [-0.39, 0.29) is 0 Å². The third-order valence-electron chi connectivity index (χ3n) is 2.50. The molecule has 1 N–H and O–H groups in total. The minimum atomic E-state index is -0.429. The molecule has 1 saturated heterocycles. The van der Waals surface area contributed by atoms with Crippen LogP contribution in [0.4, 0.5) is 0 Å². The Morgan fingerprint density at radius 1 is 1.60 bits per heavy atom. The predicted octanol–water partition coefficient (Wildman–Crippen LogP) is 0.936. The fraction of sp³-hybridized carbons (Fsp3) is 1.00. The normalized spacial score (nSPS) is 37.2. The molecule has 0 amide bonds. The molecule has 2 nitrogen and oxygen atoms in total. The van der Waals surface area contributed by atoms with Gasteiger partial charge in [-0.25, -0.2) is 0 Å². The van der Waals surface area contributed by atoms with Gasteiger partial charge in [0.05, 0.1) is 18.3 Å². The quantitative estimate of drug-likeness (QED) is 0.595. The Morgan fingerprint density at radius 3 is 2.60 bits per heavy atom. The summed E-state index contributed by atoms with van der Waals surface area (Å²) in [5, 5.41) is 9.78. The molecule has 2 atom stereocenters. The van der Waals surface area contributed by atoms with Crippen molar-refractivity contribution in [3.8, 4) is 0 Å². The highest BCUT2D eigenvalue weighted by molar-refractivity contribution is 4.94. The maximum Gasteiger partial charge on any atom is 0.0837 e. The van der Waals surface area contributed by atoms with E-state index in [1.807, 2.05) is 6.92 Å². The first-order valence-corrected chi connectivity index (χ1v) is 4.02. The Labute approximate surface area is 61.2 Å². The van der Waals surface area contributed by atoms with Crippen LogP contribution in [0.25, 0.3) is 0 Å². The van der Waals surface area contributed by atoms with Gasteiger partial charge in [0, 0.05) is 6.42 Å². The van der Waals surface area contributed by atoms with Crippen molar-refractivity contribution in [3.05, 3.63) is 0 Å². The molecular formula is C8H14O2. The van der Waals surface area contributed by atoms with Crippen LogP contribution in [-0.4, -0.2) is 23.4 Å². The standard InChI is InChI=1S/C8H14O2/c1-8(9,6-2-3-6)4-7-5-10-7/h6-7,9H,2-5H2,1H3. The third-order valence-corrected chi connectivity index (χ3v) is 2.50. The molecule has 2 aliphatic rings. The second kappa shape index (κ2) is 1.95. The average molecular weight is 142 g/mol. The number of hydrogen-bond acceptors (Lipinski definition) is 2. The Hall–Kier alpha value is -0.0800. The van der Waals surface area contributed by atoms with E-state index in [9.17, 15) is 5.11 Å². The molecule has 2 fully saturated rings. The zero-order valence-electron chi connectivity index (χ0n) is 6.34. The van der Waals surface area contributed by atoms with Crippen LogP contribution < -0.4 is 0 Å². The lowest BCUT2D eigenvalue weighted by Crippen LogP contribution is -2.28. The topological polar surface area (TPSA) is 32.8 Å². The first-order chi connectivity index (χ1) is 4.68. The molecular weight excluding hydrogens is 128 g/mol. The summed E-state index contributed by atoms with van der Waals surface area (Å²) in [5.74, 6) is 0.566. The van der Waals surface area contributed by atoms with E-state index in [0.717, 1.165) is 13.0 Å². The maximum atomic E-state index is 9.78. The number of aliphatic hydroxyl groups is 1. The summed E-state index contributed by atoms with van der Waals surface area (Å²) in [6.45, 7) is 2.80. The molecule has 0 spiro atoms. The summed E-state index contributed by atoms with van der Waals surface area (Å²) in [4.78, 5) is 0. The molecule has 0 aromatic rings. The number of rotatable bonds is 3. The fourth-order valence-corrected chi connectivity index (χ4v) is 1.52. The molecule has 1 aliphatic carbocycles. The van der Waals surface area contributed by atoms with Crippen LogP contribution in [0, 0.1) is 5.92 Å². The van der Waals surface area contributed by atoms with Crippen molar-refractivity contribution in [2.24, 2.45) is 5.92 Å². The van der Waals surface area contributed by atoms with Gasteiger partial charge < -0.3 is 9.84 Å². The van der Waals surface area contributed by atoms with Gasteiger partial charge in [-0.2, -0.15) is 0 Å². The molecule has 1 heterocycles. The van der Waals surface area contributed by atoms with Crippen LogP contribution in [-0.2, 0) is 4.74 Å². The maximum absolute atomic E-state index is 9.78. The van der Waals surface area contributed by atoms with Crippen molar-refractivity contribution in [1.29, 1.82) is 0 Å². The summed E-state index contributed by atoms with van der Waals surface area (Å²) >= 11 is 0. The van der Waals surface area contributed by atoms with Gasteiger partial charge in [-0.15, -0.1) is 0 Å². The fourth-order valence-electron chi connectivity index (χ4n) is 1.52. The minimum absolute atomic E-state index is 0.371. The summed E-state index contributed by atoms with van der Waals surface area (Å²) in [6, 6.07) is 0. The van der Waals surface area contributed by atoms with E-state index in [1.165, 1.54) is 12.8 Å². The number of ether oxygens (including phenoxy) is 1. The monoisotopic (exact) mass is 142 g/mol. The second-order valence-corrected chi connectivity index (χ2v) is 3.79. The molecule has 2 rings (SSSR count). The first kappa shape index (κ1) is 6.62. The van der Waals surface area contributed by atoms with Crippen LogP contribution in [0.3, 0.4) is 0 Å². The van der Waals surface area contributed by atoms with Crippen LogP contribution in [0.2, 0.25) is 0 Å². The van der Waals surface area contributed by atoms with Crippen LogP contribution in [0.5, 0.6) is 0 Å². The lowest BCUT2D eigenvalue weighted by molar-refractivity contribution is 0.0210. The summed E-state index contributed by atoms with van der Waals surface area (Å²) in [5.41, 5.74) is -0.429. The van der Waals surface area contributed by atoms with Crippen molar-refractivity contribution in [2.45, 2.75) is 37.9 Å². The molecule has 58 valence electrons. The lowest BCUT2D eigenvalue weighted by atomic mass is 9.95. The Morgan fingerprint density at radius 2 is 2.20 bits per heavy atom. The minimum Gasteiger partial charge on any atom is -0.390 e. The molecule has 0 bridgehead atoms. The number of hydrogen-bond donors (Lipinski definition) is 1. The largest absolute Gasteiger partial charge is 0.390 e. The van der Waals surface area contributed by atoms with E-state index in [4.69, 9.17) is 4.74 Å². The Bertz CT molecular complexity index is 134. The Balaban J connectivity index is 1.85. The van der Waals surface area contributed by atoms with Gasteiger partial charge in [-0.1, -0.05) is 0 Å². The smallest absolute Gasteiger partial charge is 0.0837 e. The SMILES string of the molecule is CC(O)(CC1CO1)C1CC1. The highest BCUT2D eigenvalue weighted by Gasteiger charge is 2.43. The average Bonchev–Trinajstić information content (AvgIpc) is 2.58. The van der Waals surface area contributed by atoms with Gasteiger partial charge >= 0.3 is 0 Å². The van der Waals surface area contributed by atoms with Crippen molar-refractivity contribution in [3.63, 3.8) is 0 Å². The first-order valence-electron chi connectivity index (χ1n) is 4.02. The Kier molecular flexibility index (Phi) is 1.29. The third kappa shape index (κ3) is 1.32. The highest BCUT2D eigenvalue weighted by atomic mass is 16.6. The van der Waals surface area contributed by atoms with E-state index < -0.39 is 5.60 Å². The van der Waals surface area contributed by atoms with Crippen molar-refractivity contribution < 1.29 is 9.84 Å². The van der Waals surface area contributed by atoms with E-state index >= 15 is 0 Å². The van der Waals surface area contributed by atoms with Crippen LogP contribution in [0.1, 0.15) is 26.2 Å². The zero-order chi connectivity index (χ0) is 7.19. The van der Waals surface area contributed by atoms with Gasteiger partial charge in [-0.05, 0) is 25.7 Å². The molecule has 2 heteroatoms.